The molecule has 0 saturated carbocycles. The maximum absolute atomic E-state index is 13.5. The van der Waals surface area contributed by atoms with Gasteiger partial charge < -0.3 is 15.5 Å². The average molecular weight is 414 g/mol. The van der Waals surface area contributed by atoms with Crippen molar-refractivity contribution in [1.29, 1.82) is 0 Å². The highest BCUT2D eigenvalue weighted by Gasteiger charge is 2.31. The number of urea groups is 1. The van der Waals surface area contributed by atoms with E-state index in [1.807, 2.05) is 80.6 Å². The molecule has 4 rings (SSSR count). The molecule has 0 aliphatic carbocycles. The number of hydrogen-bond donors (Lipinski definition) is 2. The first-order valence-corrected chi connectivity index (χ1v) is 10.6. The highest BCUT2D eigenvalue weighted by molar-refractivity contribution is 6.02. The number of para-hydroxylation sites is 1. The highest BCUT2D eigenvalue weighted by atomic mass is 16.2. The largest absolute Gasteiger partial charge is 0.326 e. The van der Waals surface area contributed by atoms with E-state index in [4.69, 9.17) is 0 Å². The summed E-state index contributed by atoms with van der Waals surface area (Å²) in [6.07, 6.45) is 1.26. The Kier molecular flexibility index (Phi) is 6.03. The summed E-state index contributed by atoms with van der Waals surface area (Å²) < 4.78 is 0. The highest BCUT2D eigenvalue weighted by Crippen LogP contribution is 2.28. The second kappa shape index (κ2) is 9.04. The molecular formula is C26H27N3O2. The van der Waals surface area contributed by atoms with E-state index in [-0.39, 0.29) is 11.9 Å². The number of nitrogens with zero attached hydrogens (tertiary/aromatic N) is 1. The van der Waals surface area contributed by atoms with Crippen LogP contribution in [0.2, 0.25) is 0 Å². The molecule has 3 aromatic carbocycles. The summed E-state index contributed by atoms with van der Waals surface area (Å²) in [6.45, 7) is 4.66. The molecule has 0 fully saturated rings. The lowest BCUT2D eigenvalue weighted by Gasteiger charge is -2.25. The number of hydrogen-bond acceptors (Lipinski definition) is 2. The van der Waals surface area contributed by atoms with Crippen LogP contribution in [-0.2, 0) is 17.6 Å². The van der Waals surface area contributed by atoms with Gasteiger partial charge in [0, 0.05) is 24.3 Å². The predicted octanol–water partition coefficient (Wildman–Crippen LogP) is 4.63. The lowest BCUT2D eigenvalue weighted by Crippen LogP contribution is -2.50. The Morgan fingerprint density at radius 2 is 1.68 bits per heavy atom. The number of benzene rings is 3. The van der Waals surface area contributed by atoms with E-state index >= 15 is 0 Å². The Morgan fingerprint density at radius 3 is 2.45 bits per heavy atom. The number of fused-ring (bicyclic) bond motifs is 1. The lowest BCUT2D eigenvalue weighted by atomic mass is 10.0. The smallest absolute Gasteiger partial charge is 0.319 e. The van der Waals surface area contributed by atoms with Gasteiger partial charge in [-0.15, -0.1) is 0 Å². The molecule has 0 spiro atoms. The van der Waals surface area contributed by atoms with Crippen LogP contribution < -0.4 is 15.5 Å². The summed E-state index contributed by atoms with van der Waals surface area (Å²) in [4.78, 5) is 28.1. The number of nitrogens with one attached hydrogen (secondary N) is 2. The Hall–Kier alpha value is -3.60. The van der Waals surface area contributed by atoms with Gasteiger partial charge >= 0.3 is 6.03 Å². The van der Waals surface area contributed by atoms with Gasteiger partial charge in [-0.25, -0.2) is 4.79 Å². The number of carbonyl (C=O) groups excluding carboxylic acids is 2. The van der Waals surface area contributed by atoms with Gasteiger partial charge in [-0.2, -0.15) is 0 Å². The number of rotatable bonds is 5. The van der Waals surface area contributed by atoms with E-state index < -0.39 is 6.04 Å². The van der Waals surface area contributed by atoms with Crippen LogP contribution in [-0.4, -0.2) is 24.5 Å². The Bertz CT molecular complexity index is 1090. The number of carbonyl (C=O) groups is 2. The molecular weight excluding hydrogens is 386 g/mol. The fraction of sp³-hybridized carbons (Fsp3) is 0.231. The van der Waals surface area contributed by atoms with Gasteiger partial charge in [0.15, 0.2) is 0 Å². The van der Waals surface area contributed by atoms with Crippen molar-refractivity contribution in [1.82, 2.24) is 5.32 Å². The zero-order valence-electron chi connectivity index (χ0n) is 17.9. The van der Waals surface area contributed by atoms with Crippen LogP contribution in [0.3, 0.4) is 0 Å². The summed E-state index contributed by atoms with van der Waals surface area (Å²) in [5, 5.41) is 5.78. The Balaban J connectivity index is 1.53. The van der Waals surface area contributed by atoms with Crippen LogP contribution in [0.4, 0.5) is 16.2 Å². The van der Waals surface area contributed by atoms with Crippen molar-refractivity contribution in [2.24, 2.45) is 0 Å². The minimum Gasteiger partial charge on any atom is -0.326 e. The Morgan fingerprint density at radius 1 is 0.935 bits per heavy atom. The molecule has 0 aromatic heterocycles. The first-order valence-electron chi connectivity index (χ1n) is 10.6. The fourth-order valence-corrected chi connectivity index (χ4v) is 3.95. The van der Waals surface area contributed by atoms with Gasteiger partial charge in [-0.05, 0) is 60.7 Å². The van der Waals surface area contributed by atoms with Gasteiger partial charge in [0.25, 0.3) is 0 Å². The van der Waals surface area contributed by atoms with Crippen LogP contribution in [0.25, 0.3) is 0 Å². The maximum Gasteiger partial charge on any atom is 0.319 e. The second-order valence-corrected chi connectivity index (χ2v) is 8.01. The zero-order chi connectivity index (χ0) is 21.8. The van der Waals surface area contributed by atoms with E-state index in [0.717, 1.165) is 34.4 Å². The Labute approximate surface area is 183 Å². The van der Waals surface area contributed by atoms with Crippen molar-refractivity contribution >= 4 is 23.3 Å². The second-order valence-electron chi connectivity index (χ2n) is 8.01. The summed E-state index contributed by atoms with van der Waals surface area (Å²) >= 11 is 0. The molecule has 1 aliphatic heterocycles. The third-order valence-electron chi connectivity index (χ3n) is 5.80. The van der Waals surface area contributed by atoms with Gasteiger partial charge in [-0.1, -0.05) is 54.6 Å². The molecule has 0 bridgehead atoms. The van der Waals surface area contributed by atoms with E-state index in [9.17, 15) is 9.59 Å². The van der Waals surface area contributed by atoms with Crippen molar-refractivity contribution in [3.8, 4) is 0 Å². The molecule has 3 amide bonds. The molecule has 1 aliphatic rings. The van der Waals surface area contributed by atoms with E-state index in [0.29, 0.717) is 18.7 Å². The van der Waals surface area contributed by atoms with Gasteiger partial charge in [0.2, 0.25) is 5.91 Å². The molecule has 0 radical (unpaired) electrons. The fourth-order valence-electron chi connectivity index (χ4n) is 3.95. The molecule has 5 heteroatoms. The van der Waals surface area contributed by atoms with Crippen LogP contribution in [0.15, 0.2) is 72.8 Å². The molecule has 158 valence electrons. The molecule has 3 aromatic rings. The summed E-state index contributed by atoms with van der Waals surface area (Å²) in [7, 11) is 0. The quantitative estimate of drug-likeness (QED) is 0.641. The number of aryl methyl sites for hydroxylation is 2. The first-order chi connectivity index (χ1) is 15.0. The van der Waals surface area contributed by atoms with Crippen molar-refractivity contribution in [2.45, 2.75) is 32.7 Å². The van der Waals surface area contributed by atoms with Gasteiger partial charge in [0.05, 0.1) is 0 Å². The normalized spacial score (nSPS) is 13.4. The van der Waals surface area contributed by atoms with Crippen LogP contribution >= 0.6 is 0 Å². The minimum absolute atomic E-state index is 0.0935. The van der Waals surface area contributed by atoms with Crippen molar-refractivity contribution in [2.75, 3.05) is 16.8 Å². The summed E-state index contributed by atoms with van der Waals surface area (Å²) in [5.41, 5.74) is 6.06. The maximum atomic E-state index is 13.5. The van der Waals surface area contributed by atoms with Gasteiger partial charge in [0.1, 0.15) is 6.04 Å². The minimum atomic E-state index is -0.667. The number of amides is 3. The SMILES string of the molecule is Cc1ccc(NC(=O)N[C@@H](Cc2ccccc2)C(=O)N2CCc3ccccc32)cc1C. The topological polar surface area (TPSA) is 61.4 Å². The van der Waals surface area contributed by atoms with Crippen molar-refractivity contribution < 1.29 is 9.59 Å². The van der Waals surface area contributed by atoms with Crippen LogP contribution in [0, 0.1) is 13.8 Å². The molecule has 5 nitrogen and oxygen atoms in total. The third-order valence-corrected chi connectivity index (χ3v) is 5.80. The van der Waals surface area contributed by atoms with E-state index in [1.165, 1.54) is 0 Å². The monoisotopic (exact) mass is 413 g/mol. The lowest BCUT2D eigenvalue weighted by molar-refractivity contribution is -0.120. The zero-order valence-corrected chi connectivity index (χ0v) is 17.9. The predicted molar refractivity (Wildman–Crippen MR) is 125 cm³/mol. The van der Waals surface area contributed by atoms with Crippen molar-refractivity contribution in [3.05, 3.63) is 95.1 Å². The molecule has 1 atom stereocenters. The van der Waals surface area contributed by atoms with Crippen LogP contribution in [0.5, 0.6) is 0 Å². The number of anilines is 2. The third kappa shape index (κ3) is 4.77. The summed E-state index contributed by atoms with van der Waals surface area (Å²) in [6, 6.07) is 22.4. The first kappa shape index (κ1) is 20.7. The molecule has 1 heterocycles. The average Bonchev–Trinajstić information content (AvgIpc) is 3.20. The molecule has 0 saturated heterocycles. The van der Waals surface area contributed by atoms with Gasteiger partial charge in [-0.3, -0.25) is 4.79 Å². The standard InChI is InChI=1S/C26H27N3O2/c1-18-12-13-22(16-19(18)2)27-26(31)28-23(17-20-8-4-3-5-9-20)25(30)29-15-14-21-10-6-7-11-24(21)29/h3-13,16,23H,14-15,17H2,1-2H3,(H2,27,28,31)/t23-/m0/s1. The molecule has 31 heavy (non-hydrogen) atoms. The van der Waals surface area contributed by atoms with Crippen LogP contribution in [0.1, 0.15) is 22.3 Å². The molecule has 0 unspecified atom stereocenters. The van der Waals surface area contributed by atoms with E-state index in [2.05, 4.69) is 16.7 Å². The summed E-state index contributed by atoms with van der Waals surface area (Å²) in [5.74, 6) is -0.0935. The molecule has 2 N–H and O–H groups in total. The van der Waals surface area contributed by atoms with Crippen molar-refractivity contribution in [3.63, 3.8) is 0 Å². The van der Waals surface area contributed by atoms with E-state index in [1.54, 1.807) is 4.90 Å².